The zero-order chi connectivity index (χ0) is 36.4. The first-order chi connectivity index (χ1) is 24.2. The van der Waals surface area contributed by atoms with Crippen LogP contribution in [0.3, 0.4) is 0 Å². The first kappa shape index (κ1) is 36.1. The molecule has 0 aromatic carbocycles. The summed E-state index contributed by atoms with van der Waals surface area (Å²) in [5.74, 6) is -8.72. The second-order valence-corrected chi connectivity index (χ2v) is 16.5. The summed E-state index contributed by atoms with van der Waals surface area (Å²) in [7, 11) is 1.49. The number of carboxylic acid groups (broad SMARTS) is 1. The molecule has 0 spiro atoms. The minimum atomic E-state index is -1.18. The van der Waals surface area contributed by atoms with Crippen molar-refractivity contribution in [3.63, 3.8) is 0 Å². The maximum Gasteiger partial charge on any atom is 0.317 e. The van der Waals surface area contributed by atoms with Gasteiger partial charge in [0.25, 0.3) is 0 Å². The molecular weight excluding hydrogens is 664 g/mol. The number of aliphatic hydroxyl groups is 1. The van der Waals surface area contributed by atoms with Crippen LogP contribution in [0.15, 0.2) is 23.7 Å². The van der Waals surface area contributed by atoms with E-state index < -0.39 is 94.4 Å². The van der Waals surface area contributed by atoms with Crippen molar-refractivity contribution in [3.8, 4) is 0 Å². The number of esters is 4. The molecule has 6 saturated carbocycles. The molecule has 280 valence electrons. The predicted octanol–water partition coefficient (Wildman–Crippen LogP) is 3.57. The van der Waals surface area contributed by atoms with Gasteiger partial charge in [0, 0.05) is 25.6 Å². The number of carboxylic acids is 1. The summed E-state index contributed by atoms with van der Waals surface area (Å²) in [5, 5.41) is 21.4. The van der Waals surface area contributed by atoms with Crippen LogP contribution in [0, 0.1) is 64.6 Å². The van der Waals surface area contributed by atoms with Crippen LogP contribution in [0.2, 0.25) is 0 Å². The summed E-state index contributed by atoms with van der Waals surface area (Å²) in [5.41, 5.74) is -1.61. The van der Waals surface area contributed by atoms with Crippen LogP contribution >= 0.6 is 0 Å². The number of hydrogen-bond donors (Lipinski definition) is 2. The molecule has 12 unspecified atom stereocenters. The molecule has 0 amide bonds. The van der Waals surface area contributed by atoms with Gasteiger partial charge in [-0.3, -0.25) is 24.0 Å². The molecule has 0 radical (unpaired) electrons. The fraction of sp³-hybridized carbons (Fsp3) is 0.763. The van der Waals surface area contributed by atoms with Crippen molar-refractivity contribution < 1.29 is 62.6 Å². The number of carbonyl (C=O) groups is 5. The molecule has 8 aliphatic carbocycles. The predicted molar refractivity (Wildman–Crippen MR) is 175 cm³/mol. The third-order valence-electron chi connectivity index (χ3n) is 12.7. The molecule has 0 aromatic heterocycles. The van der Waals surface area contributed by atoms with Gasteiger partial charge >= 0.3 is 29.8 Å². The molecule has 8 aliphatic rings. The van der Waals surface area contributed by atoms with Crippen LogP contribution in [-0.2, 0) is 52.4 Å². The van der Waals surface area contributed by atoms with E-state index in [1.54, 1.807) is 26.0 Å². The lowest BCUT2D eigenvalue weighted by molar-refractivity contribution is -0.194. The molecule has 12 atom stereocenters. The van der Waals surface area contributed by atoms with Crippen molar-refractivity contribution in [1.82, 2.24) is 0 Å². The van der Waals surface area contributed by atoms with Crippen molar-refractivity contribution in [3.05, 3.63) is 23.7 Å². The summed E-state index contributed by atoms with van der Waals surface area (Å²) in [6.45, 7) is 5.98. The van der Waals surface area contributed by atoms with Gasteiger partial charge in [-0.05, 0) is 108 Å². The first-order valence-electron chi connectivity index (χ1n) is 18.5. The monoisotopic (exact) mass is 714 g/mol. The third kappa shape index (κ3) is 6.52. The number of allylic oxidation sites excluding steroid dienone is 4. The van der Waals surface area contributed by atoms with Crippen LogP contribution in [-0.4, -0.2) is 84.8 Å². The smallest absolute Gasteiger partial charge is 0.317 e. The molecular formula is C38H50O13. The molecule has 0 aromatic rings. The Morgan fingerprint density at radius 3 is 1.88 bits per heavy atom. The van der Waals surface area contributed by atoms with Gasteiger partial charge in [0.05, 0.1) is 47.9 Å². The average Bonchev–Trinajstić information content (AvgIpc) is 3.82. The summed E-state index contributed by atoms with van der Waals surface area (Å²) >= 11 is 0. The lowest BCUT2D eigenvalue weighted by Crippen LogP contribution is -2.58. The highest BCUT2D eigenvalue weighted by Crippen LogP contribution is 2.63. The Labute approximate surface area is 297 Å². The van der Waals surface area contributed by atoms with Gasteiger partial charge in [0.15, 0.2) is 0 Å². The second kappa shape index (κ2) is 13.6. The van der Waals surface area contributed by atoms with E-state index in [0.717, 1.165) is 6.42 Å². The molecule has 51 heavy (non-hydrogen) atoms. The van der Waals surface area contributed by atoms with E-state index in [4.69, 9.17) is 28.4 Å². The highest BCUT2D eigenvalue weighted by molar-refractivity contribution is 5.87. The van der Waals surface area contributed by atoms with Gasteiger partial charge in [-0.2, -0.15) is 0 Å². The minimum Gasteiger partial charge on any atom is -0.481 e. The van der Waals surface area contributed by atoms with Gasteiger partial charge in [-0.15, -0.1) is 0 Å². The van der Waals surface area contributed by atoms with E-state index in [-0.39, 0.29) is 36.8 Å². The van der Waals surface area contributed by atoms with E-state index in [9.17, 15) is 34.2 Å². The Balaban J connectivity index is 1.08. The molecule has 13 nitrogen and oxygen atoms in total. The molecule has 0 saturated heterocycles. The number of rotatable bonds is 14. The lowest BCUT2D eigenvalue weighted by Gasteiger charge is -2.58. The van der Waals surface area contributed by atoms with Gasteiger partial charge < -0.3 is 38.6 Å². The normalized spacial score (nSPS) is 40.7. The summed E-state index contributed by atoms with van der Waals surface area (Å²) in [4.78, 5) is 67.3. The molecule has 6 fully saturated rings. The molecule has 8 rings (SSSR count). The second-order valence-electron chi connectivity index (χ2n) is 16.5. The van der Waals surface area contributed by atoms with Gasteiger partial charge in [0.1, 0.15) is 23.7 Å². The first-order valence-corrected chi connectivity index (χ1v) is 18.5. The standard InChI is InChI=1S/C38H50O13/c1-5-47-16-19(3)49-33(41)28-22-7-24(30(28)32(39)40)26(9-22)50-34(42)29-23-8-25(31(29)35(43)48-18(2)15-46-4)27(10-23)51-36(44)37-11-20-6-21(12-37)14-38(45,13-20)17-37/h9-10,18-25,28-31,45H,5-8,11-17H2,1-4H3,(H,39,40). The Kier molecular flexibility index (Phi) is 9.62. The van der Waals surface area contributed by atoms with Crippen molar-refractivity contribution >= 4 is 29.8 Å². The number of carbonyl (C=O) groups excluding carboxylic acids is 4. The fourth-order valence-electron chi connectivity index (χ4n) is 11.3. The van der Waals surface area contributed by atoms with E-state index in [1.165, 1.54) is 7.11 Å². The van der Waals surface area contributed by atoms with Crippen molar-refractivity contribution in [2.24, 2.45) is 64.6 Å². The Bertz CT molecular complexity index is 1500. The van der Waals surface area contributed by atoms with Crippen LogP contribution < -0.4 is 0 Å². The highest BCUT2D eigenvalue weighted by Gasteiger charge is 2.63. The van der Waals surface area contributed by atoms with Crippen LogP contribution in [0.5, 0.6) is 0 Å². The Morgan fingerprint density at radius 1 is 0.765 bits per heavy atom. The van der Waals surface area contributed by atoms with E-state index >= 15 is 0 Å². The van der Waals surface area contributed by atoms with E-state index in [0.29, 0.717) is 57.3 Å². The summed E-state index contributed by atoms with van der Waals surface area (Å²) in [6, 6.07) is 0. The SMILES string of the molecule is CCOCC(C)OC(=O)C1C2C=C(OC(=O)C3C4C=C(OC(=O)C56CC7CC(CC(O)(C7)C5)C6)C(C4)C3C(=O)OC(C)COC)C(C2)C1C(=O)O. The minimum absolute atomic E-state index is 0.146. The maximum atomic E-state index is 14.0. The van der Waals surface area contributed by atoms with Crippen molar-refractivity contribution in [2.45, 2.75) is 89.9 Å². The Hall–Kier alpha value is -3.29. The van der Waals surface area contributed by atoms with Crippen LogP contribution in [0.4, 0.5) is 0 Å². The summed E-state index contributed by atoms with van der Waals surface area (Å²) < 4.78 is 33.8. The van der Waals surface area contributed by atoms with Crippen LogP contribution in [0.25, 0.3) is 0 Å². The number of ether oxygens (including phenoxy) is 6. The van der Waals surface area contributed by atoms with Gasteiger partial charge in [-0.1, -0.05) is 0 Å². The van der Waals surface area contributed by atoms with Crippen molar-refractivity contribution in [2.75, 3.05) is 26.9 Å². The van der Waals surface area contributed by atoms with E-state index in [2.05, 4.69) is 0 Å². The van der Waals surface area contributed by atoms with Gasteiger partial charge in [-0.25, -0.2) is 0 Å². The number of hydrogen-bond acceptors (Lipinski definition) is 12. The van der Waals surface area contributed by atoms with Crippen LogP contribution in [0.1, 0.15) is 72.1 Å². The quantitative estimate of drug-likeness (QED) is 0.197. The van der Waals surface area contributed by atoms with Gasteiger partial charge in [0.2, 0.25) is 0 Å². The maximum absolute atomic E-state index is 14.0. The van der Waals surface area contributed by atoms with Crippen molar-refractivity contribution in [1.29, 1.82) is 0 Å². The molecule has 2 N–H and O–H groups in total. The zero-order valence-electron chi connectivity index (χ0n) is 29.7. The number of aliphatic carboxylic acids is 1. The lowest BCUT2D eigenvalue weighted by atomic mass is 9.48. The third-order valence-corrected chi connectivity index (χ3v) is 12.7. The molecule has 0 heterocycles. The average molecular weight is 715 g/mol. The molecule has 8 bridgehead atoms. The Morgan fingerprint density at radius 2 is 1.31 bits per heavy atom. The number of methoxy groups -OCH3 is 1. The van der Waals surface area contributed by atoms with E-state index in [1.807, 2.05) is 6.92 Å². The fourth-order valence-corrected chi connectivity index (χ4v) is 11.3. The zero-order valence-corrected chi connectivity index (χ0v) is 29.7. The molecule has 0 aliphatic heterocycles. The number of fused-ring (bicyclic) bond motifs is 4. The summed E-state index contributed by atoms with van der Waals surface area (Å²) in [6.07, 6.45) is 7.12. The highest BCUT2D eigenvalue weighted by atomic mass is 16.6. The topological polar surface area (TPSA) is 181 Å². The molecule has 13 heteroatoms. The largest absolute Gasteiger partial charge is 0.481 e.